The molecule has 0 bridgehead atoms. The second-order valence-electron chi connectivity index (χ2n) is 6.19. The first kappa shape index (κ1) is 10.5. The average molecular weight is 248 g/mol. The smallest absolute Gasteiger partial charge is 0.209 e. The fourth-order valence-electron chi connectivity index (χ4n) is 3.33. The van der Waals surface area contributed by atoms with E-state index in [0.717, 1.165) is 51.0 Å². The van der Waals surface area contributed by atoms with Crippen LogP contribution in [0, 0.1) is 5.41 Å². The maximum atomic E-state index is 10.6. The number of hydrogen-bond acceptors (Lipinski definition) is 4. The Balaban J connectivity index is 1.41. The van der Waals surface area contributed by atoms with Crippen molar-refractivity contribution in [2.45, 2.75) is 37.2 Å². The highest BCUT2D eigenvalue weighted by Gasteiger charge is 2.54. The van der Waals surface area contributed by atoms with Gasteiger partial charge in [0, 0.05) is 24.4 Å². The molecule has 2 saturated carbocycles. The van der Waals surface area contributed by atoms with E-state index in [-0.39, 0.29) is 0 Å². The number of rotatable bonds is 3. The number of aromatic nitrogens is 3. The van der Waals surface area contributed by atoms with Crippen molar-refractivity contribution in [1.82, 2.24) is 20.1 Å². The summed E-state index contributed by atoms with van der Waals surface area (Å²) >= 11 is 0. The average Bonchev–Trinajstić information content (AvgIpc) is 2.82. The highest BCUT2D eigenvalue weighted by atomic mass is 16.3. The molecule has 2 aliphatic carbocycles. The number of aromatic amines is 1. The second kappa shape index (κ2) is 3.12. The Hall–Kier alpha value is -1.43. The van der Waals surface area contributed by atoms with Gasteiger partial charge >= 0.3 is 0 Å². The van der Waals surface area contributed by atoms with Gasteiger partial charge in [0.05, 0.1) is 0 Å². The number of nitrogens with one attached hydrogen (secondary N) is 1. The molecule has 0 radical (unpaired) electrons. The quantitative estimate of drug-likeness (QED) is 0.744. The monoisotopic (exact) mass is 248 g/mol. The highest BCUT2D eigenvalue weighted by molar-refractivity contribution is 5.50. The summed E-state index contributed by atoms with van der Waals surface area (Å²) in [6, 6.07) is 0. The maximum Gasteiger partial charge on any atom is 0.209 e. The van der Waals surface area contributed by atoms with Crippen LogP contribution in [0.25, 0.3) is 0 Å². The lowest BCUT2D eigenvalue weighted by atomic mass is 9.57. The van der Waals surface area contributed by atoms with Crippen molar-refractivity contribution in [2.24, 2.45) is 5.41 Å². The van der Waals surface area contributed by atoms with Crippen LogP contribution in [0.1, 0.15) is 43.3 Å². The van der Waals surface area contributed by atoms with Gasteiger partial charge in [0.2, 0.25) is 6.41 Å². The molecule has 1 aliphatic heterocycles. The minimum atomic E-state index is -0.749. The molecule has 1 amide bonds. The molecular weight excluding hydrogens is 232 g/mol. The van der Waals surface area contributed by atoms with Crippen molar-refractivity contribution in [3.8, 4) is 0 Å². The minimum Gasteiger partial charge on any atom is -0.382 e. The lowest BCUT2D eigenvalue weighted by Crippen LogP contribution is -2.61. The molecule has 0 unspecified atom stereocenters. The lowest BCUT2D eigenvalue weighted by Gasteiger charge is -2.57. The predicted octanol–water partition coefficient (Wildman–Crippen LogP) is 0.122. The number of H-pyrrole nitrogens is 1. The second-order valence-corrected chi connectivity index (χ2v) is 6.19. The van der Waals surface area contributed by atoms with E-state index in [1.807, 2.05) is 4.90 Å². The van der Waals surface area contributed by atoms with Gasteiger partial charge in [-0.2, -0.15) is 5.10 Å². The van der Waals surface area contributed by atoms with Crippen molar-refractivity contribution in [3.63, 3.8) is 0 Å². The summed E-state index contributed by atoms with van der Waals surface area (Å²) in [7, 11) is 0. The summed E-state index contributed by atoms with van der Waals surface area (Å²) in [4.78, 5) is 16.8. The van der Waals surface area contributed by atoms with Crippen LogP contribution < -0.4 is 0 Å². The zero-order valence-corrected chi connectivity index (χ0v) is 10.1. The molecule has 18 heavy (non-hydrogen) atoms. The number of likely N-dealkylation sites (tertiary alicyclic amines) is 1. The van der Waals surface area contributed by atoms with Crippen LogP contribution in [0.2, 0.25) is 0 Å². The van der Waals surface area contributed by atoms with Gasteiger partial charge in [-0.3, -0.25) is 9.89 Å². The summed E-state index contributed by atoms with van der Waals surface area (Å²) in [5, 5.41) is 17.0. The van der Waals surface area contributed by atoms with Crippen LogP contribution in [-0.4, -0.2) is 44.7 Å². The molecule has 0 aromatic carbocycles. The molecule has 1 saturated heterocycles. The molecule has 6 heteroatoms. The standard InChI is InChI=1S/C12H16N4O2/c17-7-16-5-11(6-16)3-8(4-11)9-13-10(15-14-9)12(18)1-2-12/h7-8,18H,1-6H2,(H,13,14,15). The minimum absolute atomic E-state index is 0.342. The van der Waals surface area contributed by atoms with E-state index in [1.54, 1.807) is 0 Å². The Morgan fingerprint density at radius 2 is 2.11 bits per heavy atom. The number of carbonyl (C=O) groups is 1. The Morgan fingerprint density at radius 1 is 1.39 bits per heavy atom. The third kappa shape index (κ3) is 1.35. The molecule has 1 spiro atoms. The van der Waals surface area contributed by atoms with E-state index in [0.29, 0.717) is 17.2 Å². The fraction of sp³-hybridized carbons (Fsp3) is 0.750. The summed E-state index contributed by atoms with van der Waals surface area (Å²) in [6.07, 6.45) is 4.61. The molecule has 1 aromatic rings. The summed E-state index contributed by atoms with van der Waals surface area (Å²) in [5.74, 6) is 1.88. The van der Waals surface area contributed by atoms with Crippen LogP contribution in [0.3, 0.4) is 0 Å². The van der Waals surface area contributed by atoms with Gasteiger partial charge in [0.25, 0.3) is 0 Å². The highest BCUT2D eigenvalue weighted by Crippen LogP contribution is 2.55. The molecule has 0 atom stereocenters. The zero-order chi connectivity index (χ0) is 12.4. The molecule has 96 valence electrons. The van der Waals surface area contributed by atoms with E-state index < -0.39 is 5.60 Å². The summed E-state index contributed by atoms with van der Waals surface area (Å²) < 4.78 is 0. The molecule has 4 rings (SSSR count). The van der Waals surface area contributed by atoms with Crippen molar-refractivity contribution in [1.29, 1.82) is 0 Å². The first-order valence-electron chi connectivity index (χ1n) is 6.47. The van der Waals surface area contributed by atoms with Crippen LogP contribution in [0.15, 0.2) is 0 Å². The van der Waals surface area contributed by atoms with Crippen LogP contribution in [0.4, 0.5) is 0 Å². The SMILES string of the molecule is O=CN1CC2(CC(c3nc(C4(O)CC4)n[nH]3)C2)C1. The number of carbonyl (C=O) groups excluding carboxylic acids is 1. The van der Waals surface area contributed by atoms with E-state index in [1.165, 1.54) is 0 Å². The molecule has 3 aliphatic rings. The third-order valence-electron chi connectivity index (χ3n) is 4.61. The fourth-order valence-corrected chi connectivity index (χ4v) is 3.33. The number of amides is 1. The van der Waals surface area contributed by atoms with Gasteiger partial charge in [-0.25, -0.2) is 4.98 Å². The molecule has 3 fully saturated rings. The first-order valence-corrected chi connectivity index (χ1v) is 6.47. The number of hydrogen-bond donors (Lipinski definition) is 2. The molecule has 2 N–H and O–H groups in total. The van der Waals surface area contributed by atoms with Crippen molar-refractivity contribution in [2.75, 3.05) is 13.1 Å². The van der Waals surface area contributed by atoms with E-state index in [4.69, 9.17) is 0 Å². The van der Waals surface area contributed by atoms with Crippen molar-refractivity contribution < 1.29 is 9.90 Å². The normalized spacial score (nSPS) is 27.7. The van der Waals surface area contributed by atoms with E-state index in [9.17, 15) is 9.90 Å². The lowest BCUT2D eigenvalue weighted by molar-refractivity contribution is -0.137. The van der Waals surface area contributed by atoms with Crippen LogP contribution >= 0.6 is 0 Å². The van der Waals surface area contributed by atoms with Gasteiger partial charge in [0.1, 0.15) is 11.4 Å². The Morgan fingerprint density at radius 3 is 2.72 bits per heavy atom. The van der Waals surface area contributed by atoms with Gasteiger partial charge in [-0.15, -0.1) is 0 Å². The van der Waals surface area contributed by atoms with Gasteiger partial charge in [-0.1, -0.05) is 0 Å². The van der Waals surface area contributed by atoms with Gasteiger partial charge < -0.3 is 10.0 Å². The Kier molecular flexibility index (Phi) is 1.82. The molecular formula is C12H16N4O2. The maximum absolute atomic E-state index is 10.6. The van der Waals surface area contributed by atoms with Gasteiger partial charge in [0.15, 0.2) is 5.82 Å². The van der Waals surface area contributed by atoms with Crippen LogP contribution in [0.5, 0.6) is 0 Å². The zero-order valence-electron chi connectivity index (χ0n) is 10.1. The van der Waals surface area contributed by atoms with Crippen LogP contribution in [-0.2, 0) is 10.4 Å². The molecule has 2 heterocycles. The first-order chi connectivity index (χ1) is 8.62. The topological polar surface area (TPSA) is 82.1 Å². The third-order valence-corrected chi connectivity index (χ3v) is 4.61. The van der Waals surface area contributed by atoms with Crippen molar-refractivity contribution >= 4 is 6.41 Å². The van der Waals surface area contributed by atoms with E-state index >= 15 is 0 Å². The summed E-state index contributed by atoms with van der Waals surface area (Å²) in [6.45, 7) is 1.77. The number of nitrogens with zero attached hydrogens (tertiary/aromatic N) is 3. The van der Waals surface area contributed by atoms with E-state index in [2.05, 4.69) is 15.2 Å². The predicted molar refractivity (Wildman–Crippen MR) is 61.6 cm³/mol. The Bertz CT molecular complexity index is 494. The van der Waals surface area contributed by atoms with Gasteiger partial charge in [-0.05, 0) is 25.7 Å². The van der Waals surface area contributed by atoms with Crippen molar-refractivity contribution in [3.05, 3.63) is 11.6 Å². The largest absolute Gasteiger partial charge is 0.382 e. The Labute approximate surface area is 104 Å². The molecule has 6 nitrogen and oxygen atoms in total. The summed E-state index contributed by atoms with van der Waals surface area (Å²) in [5.41, 5.74) is -0.407. The number of aliphatic hydroxyl groups is 1. The molecule has 1 aromatic heterocycles.